The number of ether oxygens (including phenoxy) is 2. The van der Waals surface area contributed by atoms with Crippen molar-refractivity contribution in [3.63, 3.8) is 0 Å². The SMILES string of the molecule is COC(=O)[C@H](Cc1cccnc1OC)NC(=O)c1ccccc1F. The van der Waals surface area contributed by atoms with E-state index < -0.39 is 23.7 Å². The molecule has 1 atom stereocenters. The monoisotopic (exact) mass is 332 g/mol. The third-order valence-electron chi connectivity index (χ3n) is 3.38. The Hall–Kier alpha value is -2.96. The van der Waals surface area contributed by atoms with Gasteiger partial charge in [0, 0.05) is 18.2 Å². The Morgan fingerprint density at radius 1 is 1.21 bits per heavy atom. The molecule has 7 heteroatoms. The maximum absolute atomic E-state index is 13.7. The van der Waals surface area contributed by atoms with Gasteiger partial charge in [-0.05, 0) is 18.2 Å². The van der Waals surface area contributed by atoms with Crippen LogP contribution >= 0.6 is 0 Å². The van der Waals surface area contributed by atoms with Gasteiger partial charge in [0.05, 0.1) is 19.8 Å². The molecule has 0 saturated heterocycles. The molecule has 0 aliphatic heterocycles. The summed E-state index contributed by atoms with van der Waals surface area (Å²) in [5, 5.41) is 2.49. The number of esters is 1. The smallest absolute Gasteiger partial charge is 0.328 e. The number of nitrogens with zero attached hydrogens (tertiary/aromatic N) is 1. The first kappa shape index (κ1) is 17.4. The van der Waals surface area contributed by atoms with Crippen molar-refractivity contribution in [2.24, 2.45) is 0 Å². The molecule has 2 rings (SSSR count). The van der Waals surface area contributed by atoms with E-state index in [0.717, 1.165) is 0 Å². The van der Waals surface area contributed by atoms with Crippen molar-refractivity contribution in [3.05, 3.63) is 59.5 Å². The number of rotatable bonds is 6. The molecule has 1 N–H and O–H groups in total. The van der Waals surface area contributed by atoms with Crippen LogP contribution in [0.25, 0.3) is 0 Å². The zero-order valence-electron chi connectivity index (χ0n) is 13.3. The van der Waals surface area contributed by atoms with Crippen LogP contribution in [0.2, 0.25) is 0 Å². The summed E-state index contributed by atoms with van der Waals surface area (Å²) in [5.41, 5.74) is 0.466. The number of amides is 1. The van der Waals surface area contributed by atoms with Crippen LogP contribution < -0.4 is 10.1 Å². The molecule has 0 saturated carbocycles. The third-order valence-corrected chi connectivity index (χ3v) is 3.38. The van der Waals surface area contributed by atoms with E-state index in [4.69, 9.17) is 9.47 Å². The van der Waals surface area contributed by atoms with E-state index in [1.165, 1.54) is 38.5 Å². The normalized spacial score (nSPS) is 11.5. The topological polar surface area (TPSA) is 77.5 Å². The van der Waals surface area contributed by atoms with Gasteiger partial charge in [-0.25, -0.2) is 14.2 Å². The summed E-state index contributed by atoms with van der Waals surface area (Å²) < 4.78 is 23.6. The molecule has 1 aromatic heterocycles. The highest BCUT2D eigenvalue weighted by Gasteiger charge is 2.25. The molecule has 1 amide bonds. The van der Waals surface area contributed by atoms with E-state index in [1.54, 1.807) is 18.3 Å². The lowest BCUT2D eigenvalue weighted by molar-refractivity contribution is -0.142. The Kier molecular flexibility index (Phi) is 5.83. The van der Waals surface area contributed by atoms with Gasteiger partial charge in [0.15, 0.2) is 0 Å². The average molecular weight is 332 g/mol. The summed E-state index contributed by atoms with van der Waals surface area (Å²) in [5.74, 6) is -1.68. The third kappa shape index (κ3) is 4.07. The lowest BCUT2D eigenvalue weighted by Crippen LogP contribution is -2.43. The molecule has 0 unspecified atom stereocenters. The van der Waals surface area contributed by atoms with Crippen molar-refractivity contribution >= 4 is 11.9 Å². The molecular weight excluding hydrogens is 315 g/mol. The number of benzene rings is 1. The highest BCUT2D eigenvalue weighted by molar-refractivity contribution is 5.97. The summed E-state index contributed by atoms with van der Waals surface area (Å²) in [6.45, 7) is 0. The quantitative estimate of drug-likeness (QED) is 0.816. The Morgan fingerprint density at radius 2 is 1.96 bits per heavy atom. The van der Waals surface area contributed by atoms with Crippen molar-refractivity contribution in [2.45, 2.75) is 12.5 Å². The molecule has 0 aliphatic carbocycles. The number of pyridine rings is 1. The Labute approximate surface area is 138 Å². The van der Waals surface area contributed by atoms with E-state index in [0.29, 0.717) is 11.4 Å². The molecule has 1 heterocycles. The first-order valence-corrected chi connectivity index (χ1v) is 7.18. The van der Waals surface area contributed by atoms with E-state index >= 15 is 0 Å². The molecule has 0 fully saturated rings. The minimum absolute atomic E-state index is 0.101. The highest BCUT2D eigenvalue weighted by Crippen LogP contribution is 2.16. The number of halogens is 1. The second-order valence-electron chi connectivity index (χ2n) is 4.90. The number of carbonyl (C=O) groups excluding carboxylic acids is 2. The fourth-order valence-corrected chi connectivity index (χ4v) is 2.20. The lowest BCUT2D eigenvalue weighted by Gasteiger charge is -2.17. The molecular formula is C17H17FN2O4. The van der Waals surface area contributed by atoms with Crippen LogP contribution in [0.15, 0.2) is 42.6 Å². The standard InChI is InChI=1S/C17H17FN2O4/c1-23-16-11(6-5-9-19-16)10-14(17(22)24-2)20-15(21)12-7-3-4-8-13(12)18/h3-9,14H,10H2,1-2H3,(H,20,21)/t14-/m0/s1. The summed E-state index contributed by atoms with van der Waals surface area (Å²) in [6, 6.07) is 7.93. The molecule has 0 radical (unpaired) electrons. The van der Waals surface area contributed by atoms with Crippen LogP contribution in [0.1, 0.15) is 15.9 Å². The minimum atomic E-state index is -1.000. The number of aromatic nitrogens is 1. The zero-order chi connectivity index (χ0) is 17.5. The van der Waals surface area contributed by atoms with Gasteiger partial charge in [-0.2, -0.15) is 0 Å². The summed E-state index contributed by atoms with van der Waals surface area (Å²) >= 11 is 0. The highest BCUT2D eigenvalue weighted by atomic mass is 19.1. The van der Waals surface area contributed by atoms with Gasteiger partial charge in [-0.1, -0.05) is 18.2 Å². The van der Waals surface area contributed by atoms with Crippen molar-refractivity contribution in [1.29, 1.82) is 0 Å². The van der Waals surface area contributed by atoms with Crippen LogP contribution in [0, 0.1) is 5.82 Å². The van der Waals surface area contributed by atoms with Gasteiger partial charge in [-0.3, -0.25) is 4.79 Å². The fraction of sp³-hybridized carbons (Fsp3) is 0.235. The molecule has 24 heavy (non-hydrogen) atoms. The van der Waals surface area contributed by atoms with Crippen LogP contribution in [0.4, 0.5) is 4.39 Å². The van der Waals surface area contributed by atoms with Crippen molar-refractivity contribution in [2.75, 3.05) is 14.2 Å². The van der Waals surface area contributed by atoms with Crippen molar-refractivity contribution in [1.82, 2.24) is 10.3 Å². The number of methoxy groups -OCH3 is 2. The van der Waals surface area contributed by atoms with Crippen molar-refractivity contribution in [3.8, 4) is 5.88 Å². The predicted octanol–water partition coefficient (Wildman–Crippen LogP) is 1.74. The lowest BCUT2D eigenvalue weighted by atomic mass is 10.1. The molecule has 2 aromatic rings. The van der Waals surface area contributed by atoms with Crippen molar-refractivity contribution < 1.29 is 23.5 Å². The van der Waals surface area contributed by atoms with Gasteiger partial charge < -0.3 is 14.8 Å². The van der Waals surface area contributed by atoms with E-state index in [9.17, 15) is 14.0 Å². The predicted molar refractivity (Wildman–Crippen MR) is 84.2 cm³/mol. The fourth-order valence-electron chi connectivity index (χ4n) is 2.20. The first-order chi connectivity index (χ1) is 11.6. The Balaban J connectivity index is 2.22. The van der Waals surface area contributed by atoms with Crippen LogP contribution in [0.5, 0.6) is 5.88 Å². The molecule has 1 aromatic carbocycles. The van der Waals surface area contributed by atoms with Gasteiger partial charge in [0.1, 0.15) is 11.9 Å². The molecule has 6 nitrogen and oxygen atoms in total. The largest absolute Gasteiger partial charge is 0.481 e. The maximum atomic E-state index is 13.7. The van der Waals surface area contributed by atoms with Gasteiger partial charge in [0.2, 0.25) is 5.88 Å². The van der Waals surface area contributed by atoms with Gasteiger partial charge in [-0.15, -0.1) is 0 Å². The van der Waals surface area contributed by atoms with E-state index in [1.807, 2.05) is 0 Å². The molecule has 0 bridgehead atoms. The molecule has 0 spiro atoms. The first-order valence-electron chi connectivity index (χ1n) is 7.18. The Morgan fingerprint density at radius 3 is 2.62 bits per heavy atom. The maximum Gasteiger partial charge on any atom is 0.328 e. The number of nitrogens with one attached hydrogen (secondary N) is 1. The van der Waals surface area contributed by atoms with Gasteiger partial charge in [0.25, 0.3) is 5.91 Å². The minimum Gasteiger partial charge on any atom is -0.481 e. The summed E-state index contributed by atoms with van der Waals surface area (Å²) in [4.78, 5) is 28.3. The number of carbonyl (C=O) groups is 2. The van der Waals surface area contributed by atoms with E-state index in [-0.39, 0.29) is 12.0 Å². The average Bonchev–Trinajstić information content (AvgIpc) is 2.61. The molecule has 126 valence electrons. The molecule has 0 aliphatic rings. The number of hydrogen-bond acceptors (Lipinski definition) is 5. The second kappa shape index (κ2) is 8.05. The van der Waals surface area contributed by atoms with Crippen LogP contribution in [-0.2, 0) is 16.0 Å². The second-order valence-corrected chi connectivity index (χ2v) is 4.90. The summed E-state index contributed by atoms with van der Waals surface area (Å²) in [6.07, 6.45) is 1.65. The Bertz CT molecular complexity index is 736. The summed E-state index contributed by atoms with van der Waals surface area (Å²) in [7, 11) is 2.67. The number of hydrogen-bond donors (Lipinski definition) is 1. The zero-order valence-corrected chi connectivity index (χ0v) is 13.3. The van der Waals surface area contributed by atoms with Crippen LogP contribution in [0.3, 0.4) is 0 Å². The van der Waals surface area contributed by atoms with E-state index in [2.05, 4.69) is 10.3 Å². The van der Waals surface area contributed by atoms with Crippen LogP contribution in [-0.4, -0.2) is 37.1 Å². The van der Waals surface area contributed by atoms with Gasteiger partial charge >= 0.3 is 5.97 Å².